The molecule has 1 aromatic heterocycles. The van der Waals surface area contributed by atoms with E-state index in [9.17, 15) is 0 Å². The Morgan fingerprint density at radius 1 is 1.06 bits per heavy atom. The van der Waals surface area contributed by atoms with Crippen LogP contribution < -0.4 is 0 Å². The summed E-state index contributed by atoms with van der Waals surface area (Å²) in [5.74, 6) is 0.528. The molecule has 98 valence electrons. The molecule has 0 N–H and O–H groups in total. The molecule has 1 aromatic carbocycles. The Balaban J connectivity index is 2.97. The highest BCUT2D eigenvalue weighted by Crippen LogP contribution is 2.33. The molecule has 0 unspecified atom stereocenters. The van der Waals surface area contributed by atoms with Gasteiger partial charge < -0.3 is 0 Å². The lowest BCUT2D eigenvalue weighted by Crippen LogP contribution is -2.05. The van der Waals surface area contributed by atoms with Crippen molar-refractivity contribution in [1.82, 2.24) is 9.78 Å². The van der Waals surface area contributed by atoms with E-state index in [1.54, 1.807) is 0 Å². The first-order chi connectivity index (χ1) is 8.34. The van der Waals surface area contributed by atoms with E-state index in [0.29, 0.717) is 12.0 Å². The SMILES string of the molecule is Cc1cc(C(C)C)c2c(c(C)nn2C(C)C)c1C. The van der Waals surface area contributed by atoms with Crippen molar-refractivity contribution in [2.24, 2.45) is 0 Å². The third-order valence-corrected chi connectivity index (χ3v) is 3.81. The van der Waals surface area contributed by atoms with E-state index in [1.165, 1.54) is 27.6 Å². The average Bonchev–Trinajstić information content (AvgIpc) is 2.61. The number of benzene rings is 1. The van der Waals surface area contributed by atoms with Gasteiger partial charge in [-0.25, -0.2) is 0 Å². The molecule has 0 aliphatic heterocycles. The second-order valence-corrected chi connectivity index (χ2v) is 5.91. The number of hydrogen-bond donors (Lipinski definition) is 0. The highest BCUT2D eigenvalue weighted by Gasteiger charge is 2.18. The smallest absolute Gasteiger partial charge is 0.0725 e. The largest absolute Gasteiger partial charge is 0.262 e. The zero-order valence-corrected chi connectivity index (χ0v) is 12.6. The van der Waals surface area contributed by atoms with Crippen molar-refractivity contribution in [3.8, 4) is 0 Å². The van der Waals surface area contributed by atoms with Gasteiger partial charge in [0.1, 0.15) is 0 Å². The minimum Gasteiger partial charge on any atom is -0.262 e. The summed E-state index contributed by atoms with van der Waals surface area (Å²) in [5.41, 5.74) is 6.65. The van der Waals surface area contributed by atoms with Crippen LogP contribution in [0.15, 0.2) is 6.07 Å². The van der Waals surface area contributed by atoms with Crippen LogP contribution in [0.4, 0.5) is 0 Å². The number of aromatic nitrogens is 2. The maximum atomic E-state index is 4.75. The Bertz CT molecular complexity index is 589. The first kappa shape index (κ1) is 13.1. The van der Waals surface area contributed by atoms with Crippen molar-refractivity contribution in [3.63, 3.8) is 0 Å². The molecule has 0 amide bonds. The molecule has 0 aliphatic rings. The second-order valence-electron chi connectivity index (χ2n) is 5.91. The molecular weight excluding hydrogens is 220 g/mol. The molecule has 2 heteroatoms. The van der Waals surface area contributed by atoms with Crippen LogP contribution in [-0.2, 0) is 0 Å². The minimum absolute atomic E-state index is 0.404. The van der Waals surface area contributed by atoms with E-state index in [1.807, 2.05) is 0 Å². The summed E-state index contributed by atoms with van der Waals surface area (Å²) < 4.78 is 2.19. The second kappa shape index (κ2) is 4.42. The molecule has 0 radical (unpaired) electrons. The Hall–Kier alpha value is -1.31. The summed E-state index contributed by atoms with van der Waals surface area (Å²) in [7, 11) is 0. The lowest BCUT2D eigenvalue weighted by molar-refractivity contribution is 0.544. The summed E-state index contributed by atoms with van der Waals surface area (Å²) in [4.78, 5) is 0. The van der Waals surface area contributed by atoms with Crippen molar-refractivity contribution in [1.29, 1.82) is 0 Å². The first-order valence-corrected chi connectivity index (χ1v) is 6.83. The van der Waals surface area contributed by atoms with Gasteiger partial charge in [-0.05, 0) is 57.2 Å². The van der Waals surface area contributed by atoms with Crippen LogP contribution in [0.25, 0.3) is 10.9 Å². The van der Waals surface area contributed by atoms with Gasteiger partial charge in [0.25, 0.3) is 0 Å². The van der Waals surface area contributed by atoms with E-state index >= 15 is 0 Å². The van der Waals surface area contributed by atoms with Gasteiger partial charge in [-0.15, -0.1) is 0 Å². The molecule has 2 aromatic rings. The fraction of sp³-hybridized carbons (Fsp3) is 0.562. The van der Waals surface area contributed by atoms with Crippen molar-refractivity contribution in [2.45, 2.75) is 60.4 Å². The Labute approximate surface area is 110 Å². The van der Waals surface area contributed by atoms with Crippen molar-refractivity contribution < 1.29 is 0 Å². The summed E-state index contributed by atoms with van der Waals surface area (Å²) in [6.45, 7) is 15.5. The van der Waals surface area contributed by atoms with E-state index < -0.39 is 0 Å². The van der Waals surface area contributed by atoms with Gasteiger partial charge in [0.2, 0.25) is 0 Å². The molecule has 2 nitrogen and oxygen atoms in total. The fourth-order valence-corrected chi connectivity index (χ4v) is 2.69. The van der Waals surface area contributed by atoms with Gasteiger partial charge in [0, 0.05) is 11.4 Å². The highest BCUT2D eigenvalue weighted by atomic mass is 15.3. The molecule has 0 saturated heterocycles. The molecule has 0 saturated carbocycles. The third-order valence-electron chi connectivity index (χ3n) is 3.81. The zero-order chi connectivity index (χ0) is 13.6. The van der Waals surface area contributed by atoms with Crippen LogP contribution in [0.5, 0.6) is 0 Å². The first-order valence-electron chi connectivity index (χ1n) is 6.83. The molecule has 0 spiro atoms. The van der Waals surface area contributed by atoms with Crippen LogP contribution in [0.1, 0.15) is 62.0 Å². The number of nitrogens with zero attached hydrogens (tertiary/aromatic N) is 2. The molecule has 0 bridgehead atoms. The summed E-state index contributed by atoms with van der Waals surface area (Å²) >= 11 is 0. The van der Waals surface area contributed by atoms with Crippen LogP contribution >= 0.6 is 0 Å². The summed E-state index contributed by atoms with van der Waals surface area (Å²) in [5, 5.41) is 6.10. The predicted octanol–water partition coefficient (Wildman–Crippen LogP) is 4.67. The highest BCUT2D eigenvalue weighted by molar-refractivity contribution is 5.89. The predicted molar refractivity (Wildman–Crippen MR) is 78.4 cm³/mol. The maximum Gasteiger partial charge on any atom is 0.0725 e. The van der Waals surface area contributed by atoms with Crippen LogP contribution in [-0.4, -0.2) is 9.78 Å². The molecule has 2 rings (SSSR count). The maximum absolute atomic E-state index is 4.75. The molecule has 0 atom stereocenters. The van der Waals surface area contributed by atoms with Gasteiger partial charge >= 0.3 is 0 Å². The lowest BCUT2D eigenvalue weighted by atomic mass is 9.93. The monoisotopic (exact) mass is 244 g/mol. The summed E-state index contributed by atoms with van der Waals surface area (Å²) in [6, 6.07) is 2.74. The lowest BCUT2D eigenvalue weighted by Gasteiger charge is -2.16. The molecule has 18 heavy (non-hydrogen) atoms. The summed E-state index contributed by atoms with van der Waals surface area (Å²) in [6.07, 6.45) is 0. The van der Waals surface area contributed by atoms with Gasteiger partial charge in [0.15, 0.2) is 0 Å². The van der Waals surface area contributed by atoms with Crippen LogP contribution in [0.2, 0.25) is 0 Å². The van der Waals surface area contributed by atoms with Crippen molar-refractivity contribution in [3.05, 3.63) is 28.5 Å². The number of rotatable bonds is 2. The van der Waals surface area contributed by atoms with E-state index in [0.717, 1.165) is 5.69 Å². The van der Waals surface area contributed by atoms with E-state index in [-0.39, 0.29) is 0 Å². The molecule has 1 heterocycles. The standard InChI is InChI=1S/C16H24N2/c1-9(2)14-8-11(5)12(6)15-13(7)17-18(10(3)4)16(14)15/h8-10H,1-7H3. The Kier molecular flexibility index (Phi) is 3.22. The van der Waals surface area contributed by atoms with Gasteiger partial charge in [0.05, 0.1) is 11.2 Å². The average molecular weight is 244 g/mol. The van der Waals surface area contributed by atoms with Crippen LogP contribution in [0.3, 0.4) is 0 Å². The van der Waals surface area contributed by atoms with E-state index in [2.05, 4.69) is 59.2 Å². The molecule has 0 aliphatic carbocycles. The quantitative estimate of drug-likeness (QED) is 0.751. The number of fused-ring (bicyclic) bond motifs is 1. The van der Waals surface area contributed by atoms with E-state index in [4.69, 9.17) is 5.10 Å². The topological polar surface area (TPSA) is 17.8 Å². The number of aryl methyl sites for hydroxylation is 3. The van der Waals surface area contributed by atoms with Crippen molar-refractivity contribution >= 4 is 10.9 Å². The molecular formula is C16H24N2. The van der Waals surface area contributed by atoms with Crippen LogP contribution in [0, 0.1) is 20.8 Å². The normalized spacial score (nSPS) is 12.1. The third kappa shape index (κ3) is 1.84. The number of hydrogen-bond acceptors (Lipinski definition) is 1. The van der Waals surface area contributed by atoms with Gasteiger partial charge in [-0.2, -0.15) is 5.10 Å². The minimum atomic E-state index is 0.404. The molecule has 0 fully saturated rings. The van der Waals surface area contributed by atoms with Gasteiger partial charge in [-0.1, -0.05) is 19.9 Å². The fourth-order valence-electron chi connectivity index (χ4n) is 2.69. The zero-order valence-electron chi connectivity index (χ0n) is 12.6. The Morgan fingerprint density at radius 2 is 1.67 bits per heavy atom. The van der Waals surface area contributed by atoms with Gasteiger partial charge in [-0.3, -0.25) is 4.68 Å². The van der Waals surface area contributed by atoms with Crippen molar-refractivity contribution in [2.75, 3.05) is 0 Å². The Morgan fingerprint density at radius 3 is 2.17 bits per heavy atom.